The number of aromatic nitrogens is 2. The van der Waals surface area contributed by atoms with Crippen molar-refractivity contribution >= 4 is 80.7 Å². The van der Waals surface area contributed by atoms with E-state index in [4.69, 9.17) is 46.4 Å². The Kier molecular flexibility index (Phi) is 3.41. The maximum atomic E-state index is 13.2. The Morgan fingerprint density at radius 2 is 1.56 bits per heavy atom. The summed E-state index contributed by atoms with van der Waals surface area (Å²) in [7, 11) is 0. The normalized spacial score (nSPS) is 16.4. The van der Waals surface area contributed by atoms with Crippen LogP contribution in [0.15, 0.2) is 24.3 Å². The van der Waals surface area contributed by atoms with Crippen LogP contribution in [0.4, 0.5) is 0 Å². The number of hydrogen-bond acceptors (Lipinski definition) is 3. The summed E-state index contributed by atoms with van der Waals surface area (Å²) < 4.78 is 2.75. The van der Waals surface area contributed by atoms with Crippen LogP contribution in [0.3, 0.4) is 0 Å². The molecule has 0 amide bonds. The molecule has 1 N–H and O–H groups in total. The Hall–Kier alpha value is -2.18. The zero-order valence-corrected chi connectivity index (χ0v) is 16.1. The van der Waals surface area contributed by atoms with Crippen molar-refractivity contribution < 1.29 is 14.7 Å². The predicted molar refractivity (Wildman–Crippen MR) is 104 cm³/mol. The molecule has 0 spiro atoms. The first kappa shape index (κ1) is 17.0. The van der Waals surface area contributed by atoms with Crippen LogP contribution in [0.2, 0.25) is 20.4 Å². The highest BCUT2D eigenvalue weighted by atomic mass is 35.5. The van der Waals surface area contributed by atoms with Crippen LogP contribution in [0.1, 0.15) is 10.4 Å². The second-order valence-corrected chi connectivity index (χ2v) is 7.62. The molecule has 1 aliphatic carbocycles. The first-order chi connectivity index (χ1) is 12.8. The third kappa shape index (κ3) is 2.03. The molecule has 0 atom stereocenters. The smallest absolute Gasteiger partial charge is 0.209 e. The molecule has 0 unspecified atom stereocenters. The van der Waals surface area contributed by atoms with Gasteiger partial charge in [-0.15, -0.1) is 0 Å². The van der Waals surface area contributed by atoms with Crippen molar-refractivity contribution in [2.24, 2.45) is 0 Å². The molecule has 0 aromatic carbocycles. The third-order valence-electron chi connectivity index (χ3n) is 4.69. The zero-order valence-electron chi connectivity index (χ0n) is 13.1. The van der Waals surface area contributed by atoms with Crippen LogP contribution >= 0.6 is 46.4 Å². The number of ketones is 2. The molecule has 27 heavy (non-hydrogen) atoms. The van der Waals surface area contributed by atoms with E-state index in [2.05, 4.69) is 0 Å². The number of rotatable bonds is 0. The van der Waals surface area contributed by atoms with Gasteiger partial charge in [0.1, 0.15) is 10.3 Å². The maximum Gasteiger partial charge on any atom is 0.209 e. The Bertz CT molecular complexity index is 1460. The summed E-state index contributed by atoms with van der Waals surface area (Å²) in [6.45, 7) is 0. The van der Waals surface area contributed by atoms with Crippen LogP contribution in [-0.4, -0.2) is 25.5 Å². The van der Waals surface area contributed by atoms with Gasteiger partial charge in [-0.05, 0) is 30.3 Å². The second-order valence-electron chi connectivity index (χ2n) is 6.09. The van der Waals surface area contributed by atoms with Crippen LogP contribution in [0, 0.1) is 0 Å². The Morgan fingerprint density at radius 1 is 0.889 bits per heavy atom. The van der Waals surface area contributed by atoms with Crippen LogP contribution in [0.5, 0.6) is 5.88 Å². The number of carbonyl (C=O) groups excluding carboxylic acids is 2. The van der Waals surface area contributed by atoms with Gasteiger partial charge < -0.3 is 5.11 Å². The van der Waals surface area contributed by atoms with Crippen molar-refractivity contribution in [1.82, 2.24) is 8.80 Å². The summed E-state index contributed by atoms with van der Waals surface area (Å²) in [6, 6.07) is 6.43. The predicted octanol–water partition coefficient (Wildman–Crippen LogP) is 3.35. The number of halogens is 4. The monoisotopic (exact) mass is 438 g/mol. The fraction of sp³-hybridized carbons (Fsp3) is 0. The Labute approximate surface area is 170 Å². The molecule has 4 aromatic heterocycles. The van der Waals surface area contributed by atoms with Gasteiger partial charge >= 0.3 is 0 Å². The lowest BCUT2D eigenvalue weighted by molar-refractivity contribution is -0.108. The van der Waals surface area contributed by atoms with E-state index in [-0.39, 0.29) is 37.6 Å². The summed E-state index contributed by atoms with van der Waals surface area (Å²) in [5.74, 6) is -1.51. The van der Waals surface area contributed by atoms with Crippen molar-refractivity contribution in [2.45, 2.75) is 0 Å². The topological polar surface area (TPSA) is 63.2 Å². The molecule has 0 bridgehead atoms. The molecule has 5 rings (SSSR count). The van der Waals surface area contributed by atoms with Crippen LogP contribution in [0.25, 0.3) is 22.7 Å². The fourth-order valence-electron chi connectivity index (χ4n) is 3.55. The number of Topliss-reactive ketones (excluding diaryl/α,β-unsaturated/α-hetero) is 2. The molecule has 0 aliphatic heterocycles. The molecule has 0 radical (unpaired) electrons. The molecule has 5 nitrogen and oxygen atoms in total. The van der Waals surface area contributed by atoms with Gasteiger partial charge in [0.05, 0.1) is 32.0 Å². The van der Waals surface area contributed by atoms with E-state index in [1.165, 1.54) is 20.9 Å². The van der Waals surface area contributed by atoms with Gasteiger partial charge in [-0.25, -0.2) is 0 Å². The van der Waals surface area contributed by atoms with Gasteiger partial charge in [0.2, 0.25) is 11.7 Å². The van der Waals surface area contributed by atoms with Gasteiger partial charge in [-0.1, -0.05) is 46.4 Å². The molecule has 9 heteroatoms. The molecular formula is C18H6Cl4N2O3. The standard InChI is InChI=1S/C18H6Cl4N2O3/c19-8-3-6-1-2-10(23(6)16(8)21)14-12(25)4-7-11-5-9(20)17(22)24(11)18(27)13(7)15(14)26/h1-5,27H/b14-10-. The lowest BCUT2D eigenvalue weighted by Gasteiger charge is -2.08. The molecule has 0 saturated heterocycles. The Balaban J connectivity index is 1.93. The first-order valence-electron chi connectivity index (χ1n) is 7.62. The van der Waals surface area contributed by atoms with Gasteiger partial charge in [0, 0.05) is 10.7 Å². The maximum absolute atomic E-state index is 13.2. The highest BCUT2D eigenvalue weighted by Crippen LogP contribution is 2.34. The first-order valence-corrected chi connectivity index (χ1v) is 9.13. The quantitative estimate of drug-likeness (QED) is 0.457. The number of fused-ring (bicyclic) bond motifs is 4. The summed E-state index contributed by atoms with van der Waals surface area (Å²) in [4.78, 5) is 26.0. The average molecular weight is 440 g/mol. The highest BCUT2D eigenvalue weighted by Gasteiger charge is 2.33. The van der Waals surface area contributed by atoms with E-state index in [1.54, 1.807) is 18.2 Å². The SMILES string of the molecule is O=C1C=c2c(c(O)n3c(Cl)c(Cl)cc23)C(=O)/C1=c1/ccc2cc(Cl)c(Cl)n12. The lowest BCUT2D eigenvalue weighted by atomic mass is 9.93. The van der Waals surface area contributed by atoms with E-state index < -0.39 is 11.6 Å². The molecule has 134 valence electrons. The minimum Gasteiger partial charge on any atom is -0.494 e. The van der Waals surface area contributed by atoms with Crippen LogP contribution < -0.4 is 10.6 Å². The molecule has 4 aromatic rings. The van der Waals surface area contributed by atoms with Crippen molar-refractivity contribution in [2.75, 3.05) is 0 Å². The van der Waals surface area contributed by atoms with Crippen molar-refractivity contribution in [3.8, 4) is 5.88 Å². The number of nitrogens with zero attached hydrogens (tertiary/aromatic N) is 2. The highest BCUT2D eigenvalue weighted by molar-refractivity contribution is 6.55. The molecule has 1 aliphatic rings. The number of aromatic hydroxyl groups is 1. The molecule has 0 saturated carbocycles. The minimum atomic E-state index is -0.626. The summed E-state index contributed by atoms with van der Waals surface area (Å²) >= 11 is 24.4. The van der Waals surface area contributed by atoms with Crippen LogP contribution in [-0.2, 0) is 4.79 Å². The molecule has 0 fully saturated rings. The number of hydrogen-bond donors (Lipinski definition) is 1. The largest absolute Gasteiger partial charge is 0.494 e. The summed E-state index contributed by atoms with van der Waals surface area (Å²) in [5.41, 5.74) is 0.904. The van der Waals surface area contributed by atoms with Crippen molar-refractivity contribution in [1.29, 1.82) is 0 Å². The van der Waals surface area contributed by atoms with Crippen molar-refractivity contribution in [3.05, 3.63) is 60.7 Å². The van der Waals surface area contributed by atoms with E-state index in [0.717, 1.165) is 0 Å². The van der Waals surface area contributed by atoms with Crippen molar-refractivity contribution in [3.63, 3.8) is 0 Å². The zero-order chi connectivity index (χ0) is 19.2. The summed E-state index contributed by atoms with van der Waals surface area (Å²) in [6.07, 6.45) is 1.28. The van der Waals surface area contributed by atoms with E-state index >= 15 is 0 Å². The Morgan fingerprint density at radius 3 is 2.30 bits per heavy atom. The third-order valence-corrected chi connectivity index (χ3v) is 6.20. The van der Waals surface area contributed by atoms with E-state index in [9.17, 15) is 14.7 Å². The van der Waals surface area contributed by atoms with Gasteiger partial charge in [-0.3, -0.25) is 18.4 Å². The molecule has 4 heterocycles. The van der Waals surface area contributed by atoms with Gasteiger partial charge in [0.25, 0.3) is 0 Å². The van der Waals surface area contributed by atoms with Gasteiger partial charge in [0.15, 0.2) is 5.78 Å². The van der Waals surface area contributed by atoms with E-state index in [0.29, 0.717) is 21.4 Å². The van der Waals surface area contributed by atoms with E-state index in [1.807, 2.05) is 0 Å². The minimum absolute atomic E-state index is 0.0121. The summed E-state index contributed by atoms with van der Waals surface area (Å²) in [5, 5.41) is 11.9. The number of carbonyl (C=O) groups is 2. The average Bonchev–Trinajstić information content (AvgIpc) is 3.29. The van der Waals surface area contributed by atoms with Gasteiger partial charge in [-0.2, -0.15) is 0 Å². The lowest BCUT2D eigenvalue weighted by Crippen LogP contribution is -2.30. The second kappa shape index (κ2) is 5.42. The molecular weight excluding hydrogens is 434 g/mol. The fourth-order valence-corrected chi connectivity index (χ4v) is 4.40.